The van der Waals surface area contributed by atoms with Crippen LogP contribution in [0.25, 0.3) is 0 Å². The highest BCUT2D eigenvalue weighted by atomic mass is 16.6. The summed E-state index contributed by atoms with van der Waals surface area (Å²) in [6.45, 7) is 5.46. The third-order valence-electron chi connectivity index (χ3n) is 3.13. The lowest BCUT2D eigenvalue weighted by atomic mass is 10.3. The molecule has 0 atom stereocenters. The van der Waals surface area contributed by atoms with Crippen LogP contribution in [-0.4, -0.2) is 53.7 Å². The summed E-state index contributed by atoms with van der Waals surface area (Å²) in [5.41, 5.74) is 0. The second kappa shape index (κ2) is 6.92. The van der Waals surface area contributed by atoms with Crippen molar-refractivity contribution in [2.75, 3.05) is 37.7 Å². The predicted molar refractivity (Wildman–Crippen MR) is 72.1 cm³/mol. The number of unbranched alkanes of at least 4 members (excludes halogenated alkanes) is 1. The highest BCUT2D eigenvalue weighted by Crippen LogP contribution is 2.12. The van der Waals surface area contributed by atoms with E-state index in [1.165, 1.54) is 0 Å². The van der Waals surface area contributed by atoms with Crippen LogP contribution in [0.1, 0.15) is 19.8 Å². The lowest BCUT2D eigenvalue weighted by molar-refractivity contribution is 0.0989. The summed E-state index contributed by atoms with van der Waals surface area (Å²) in [6, 6.07) is 0. The zero-order valence-corrected chi connectivity index (χ0v) is 11.3. The molecule has 1 amide bonds. The van der Waals surface area contributed by atoms with Crippen LogP contribution in [0.2, 0.25) is 0 Å². The van der Waals surface area contributed by atoms with Crippen LogP contribution in [0.4, 0.5) is 10.6 Å². The minimum absolute atomic E-state index is 0.202. The molecule has 6 nitrogen and oxygen atoms in total. The van der Waals surface area contributed by atoms with E-state index in [-0.39, 0.29) is 6.09 Å². The van der Waals surface area contributed by atoms with Crippen LogP contribution in [0.15, 0.2) is 18.6 Å². The molecule has 0 spiro atoms. The van der Waals surface area contributed by atoms with Crippen molar-refractivity contribution in [2.24, 2.45) is 0 Å². The molecule has 0 aliphatic carbocycles. The summed E-state index contributed by atoms with van der Waals surface area (Å²) in [6.07, 6.45) is 6.84. The lowest BCUT2D eigenvalue weighted by Gasteiger charge is -2.34. The second-order valence-electron chi connectivity index (χ2n) is 4.51. The molecule has 1 saturated heterocycles. The van der Waals surface area contributed by atoms with Crippen LogP contribution in [0.3, 0.4) is 0 Å². The first-order valence-electron chi connectivity index (χ1n) is 6.74. The van der Waals surface area contributed by atoms with E-state index in [0.29, 0.717) is 19.7 Å². The number of anilines is 1. The van der Waals surface area contributed by atoms with Gasteiger partial charge in [-0.05, 0) is 6.42 Å². The van der Waals surface area contributed by atoms with Crippen molar-refractivity contribution in [3.8, 4) is 0 Å². The van der Waals surface area contributed by atoms with E-state index in [4.69, 9.17) is 4.74 Å². The Morgan fingerprint density at radius 2 is 2.11 bits per heavy atom. The van der Waals surface area contributed by atoms with Gasteiger partial charge in [0.15, 0.2) is 0 Å². The summed E-state index contributed by atoms with van der Waals surface area (Å²) in [7, 11) is 0. The summed E-state index contributed by atoms with van der Waals surface area (Å²) >= 11 is 0. The third-order valence-corrected chi connectivity index (χ3v) is 3.13. The van der Waals surface area contributed by atoms with E-state index < -0.39 is 0 Å². The Bertz CT molecular complexity index is 391. The average molecular weight is 264 g/mol. The van der Waals surface area contributed by atoms with Crippen LogP contribution in [-0.2, 0) is 4.74 Å². The van der Waals surface area contributed by atoms with Crippen molar-refractivity contribution in [1.29, 1.82) is 0 Å². The molecule has 0 saturated carbocycles. The Morgan fingerprint density at radius 1 is 1.32 bits per heavy atom. The van der Waals surface area contributed by atoms with E-state index in [2.05, 4.69) is 21.8 Å². The number of aromatic nitrogens is 2. The van der Waals surface area contributed by atoms with Crippen molar-refractivity contribution < 1.29 is 9.53 Å². The highest BCUT2D eigenvalue weighted by molar-refractivity contribution is 5.68. The van der Waals surface area contributed by atoms with E-state index in [9.17, 15) is 4.79 Å². The monoisotopic (exact) mass is 264 g/mol. The van der Waals surface area contributed by atoms with Crippen LogP contribution >= 0.6 is 0 Å². The predicted octanol–water partition coefficient (Wildman–Crippen LogP) is 1.54. The molecule has 0 unspecified atom stereocenters. The largest absolute Gasteiger partial charge is 0.449 e. The average Bonchev–Trinajstić information content (AvgIpc) is 2.48. The summed E-state index contributed by atoms with van der Waals surface area (Å²) in [5, 5.41) is 0. The molecule has 1 aliphatic heterocycles. The van der Waals surface area contributed by atoms with Gasteiger partial charge in [-0.3, -0.25) is 4.98 Å². The Labute approximate surface area is 113 Å². The molecular formula is C13H20N4O2. The first kappa shape index (κ1) is 13.6. The van der Waals surface area contributed by atoms with E-state index in [1.54, 1.807) is 23.5 Å². The molecule has 2 heterocycles. The van der Waals surface area contributed by atoms with Gasteiger partial charge in [-0.1, -0.05) is 13.3 Å². The van der Waals surface area contributed by atoms with Crippen molar-refractivity contribution in [2.45, 2.75) is 19.8 Å². The van der Waals surface area contributed by atoms with Crippen molar-refractivity contribution in [3.63, 3.8) is 0 Å². The Hall–Kier alpha value is -1.85. The fraction of sp³-hybridized carbons (Fsp3) is 0.615. The molecule has 0 bridgehead atoms. The fourth-order valence-electron chi connectivity index (χ4n) is 1.97. The maximum Gasteiger partial charge on any atom is 0.409 e. The van der Waals surface area contributed by atoms with Crippen LogP contribution in [0, 0.1) is 0 Å². The van der Waals surface area contributed by atoms with Gasteiger partial charge >= 0.3 is 6.09 Å². The Morgan fingerprint density at radius 3 is 2.74 bits per heavy atom. The number of rotatable bonds is 4. The summed E-state index contributed by atoms with van der Waals surface area (Å²) in [4.78, 5) is 24.0. The number of ether oxygens (including phenoxy) is 1. The smallest absolute Gasteiger partial charge is 0.409 e. The van der Waals surface area contributed by atoms with E-state index in [1.807, 2.05) is 0 Å². The highest BCUT2D eigenvalue weighted by Gasteiger charge is 2.22. The molecule has 1 fully saturated rings. The molecule has 19 heavy (non-hydrogen) atoms. The van der Waals surface area contributed by atoms with Gasteiger partial charge in [0.2, 0.25) is 0 Å². The molecule has 0 aromatic carbocycles. The number of carbonyl (C=O) groups excluding carboxylic acids is 1. The van der Waals surface area contributed by atoms with Gasteiger partial charge in [-0.2, -0.15) is 0 Å². The standard InChI is InChI=1S/C13H20N4O2/c1-2-3-10-19-13(18)17-8-6-16(7-9-17)12-11-14-4-5-15-12/h4-5,11H,2-3,6-10H2,1H3. The Kier molecular flexibility index (Phi) is 4.94. The molecule has 104 valence electrons. The fourth-order valence-corrected chi connectivity index (χ4v) is 1.97. The maximum atomic E-state index is 11.8. The molecule has 2 rings (SSSR count). The third kappa shape index (κ3) is 3.81. The molecule has 1 aromatic rings. The van der Waals surface area contributed by atoms with Gasteiger partial charge in [0.05, 0.1) is 12.8 Å². The molecular weight excluding hydrogens is 244 g/mol. The topological polar surface area (TPSA) is 58.6 Å². The minimum Gasteiger partial charge on any atom is -0.449 e. The lowest BCUT2D eigenvalue weighted by Crippen LogP contribution is -2.49. The van der Waals surface area contributed by atoms with Crippen molar-refractivity contribution in [3.05, 3.63) is 18.6 Å². The van der Waals surface area contributed by atoms with Gasteiger partial charge in [0.1, 0.15) is 5.82 Å². The van der Waals surface area contributed by atoms with Gasteiger partial charge in [-0.15, -0.1) is 0 Å². The number of hydrogen-bond acceptors (Lipinski definition) is 5. The van der Waals surface area contributed by atoms with E-state index >= 15 is 0 Å². The Balaban J connectivity index is 1.77. The zero-order chi connectivity index (χ0) is 13.5. The van der Waals surface area contributed by atoms with Crippen LogP contribution < -0.4 is 4.90 Å². The van der Waals surface area contributed by atoms with Gasteiger partial charge in [-0.25, -0.2) is 9.78 Å². The number of piperazine rings is 1. The number of nitrogens with zero attached hydrogens (tertiary/aromatic N) is 4. The minimum atomic E-state index is -0.202. The van der Waals surface area contributed by atoms with Gasteiger partial charge < -0.3 is 14.5 Å². The van der Waals surface area contributed by atoms with Gasteiger partial charge in [0.25, 0.3) is 0 Å². The molecule has 1 aliphatic rings. The normalized spacial score (nSPS) is 15.4. The number of carbonyl (C=O) groups is 1. The van der Waals surface area contributed by atoms with Gasteiger partial charge in [0, 0.05) is 38.6 Å². The zero-order valence-electron chi connectivity index (χ0n) is 11.3. The maximum absolute atomic E-state index is 11.8. The van der Waals surface area contributed by atoms with Crippen LogP contribution in [0.5, 0.6) is 0 Å². The molecule has 6 heteroatoms. The number of hydrogen-bond donors (Lipinski definition) is 0. The first-order chi connectivity index (χ1) is 9.31. The summed E-state index contributed by atoms with van der Waals surface area (Å²) < 4.78 is 5.20. The quantitative estimate of drug-likeness (QED) is 0.772. The molecule has 0 radical (unpaired) electrons. The second-order valence-corrected chi connectivity index (χ2v) is 4.51. The molecule has 0 N–H and O–H groups in total. The van der Waals surface area contributed by atoms with Crippen molar-refractivity contribution >= 4 is 11.9 Å². The summed E-state index contributed by atoms with van der Waals surface area (Å²) in [5.74, 6) is 0.863. The van der Waals surface area contributed by atoms with E-state index in [0.717, 1.165) is 31.7 Å². The van der Waals surface area contributed by atoms with Crippen molar-refractivity contribution in [1.82, 2.24) is 14.9 Å². The first-order valence-corrected chi connectivity index (χ1v) is 6.74. The number of amides is 1. The SMILES string of the molecule is CCCCOC(=O)N1CCN(c2cnccn2)CC1. The molecule has 1 aromatic heterocycles.